The Balaban J connectivity index is 1.97. The highest BCUT2D eigenvalue weighted by Crippen LogP contribution is 2.25. The highest BCUT2D eigenvalue weighted by atomic mass is 19.1. The van der Waals surface area contributed by atoms with Crippen molar-refractivity contribution in [3.8, 4) is 17.4 Å². The van der Waals surface area contributed by atoms with Crippen LogP contribution < -0.4 is 5.32 Å². The van der Waals surface area contributed by atoms with Crippen LogP contribution in [0, 0.1) is 23.1 Å². The number of hydrogen-bond donors (Lipinski definition) is 1. The van der Waals surface area contributed by atoms with Gasteiger partial charge in [-0.2, -0.15) is 5.26 Å². The first-order chi connectivity index (χ1) is 12.1. The summed E-state index contributed by atoms with van der Waals surface area (Å²) < 4.78 is 19.3. The highest BCUT2D eigenvalue weighted by molar-refractivity contribution is 6.03. The summed E-state index contributed by atoms with van der Waals surface area (Å²) in [5, 5.41) is 11.6. The van der Waals surface area contributed by atoms with Crippen molar-refractivity contribution in [2.45, 2.75) is 26.2 Å². The van der Waals surface area contributed by atoms with Gasteiger partial charge in [-0.05, 0) is 30.7 Å². The molecule has 0 aliphatic heterocycles. The maximum absolute atomic E-state index is 13.7. The van der Waals surface area contributed by atoms with Crippen LogP contribution in [0.3, 0.4) is 0 Å². The van der Waals surface area contributed by atoms with Crippen LogP contribution in [0.4, 0.5) is 4.39 Å². The molecule has 2 rings (SSSR count). The normalized spacial score (nSPS) is 11.6. The van der Waals surface area contributed by atoms with Gasteiger partial charge in [0, 0.05) is 19.4 Å². The second-order valence-electron chi connectivity index (χ2n) is 5.57. The number of halogens is 1. The lowest BCUT2D eigenvalue weighted by Crippen LogP contribution is -2.35. The minimum absolute atomic E-state index is 0.00198. The molecule has 130 valence electrons. The first kappa shape index (κ1) is 18.4. The van der Waals surface area contributed by atoms with Crippen molar-refractivity contribution in [1.82, 2.24) is 5.32 Å². The van der Waals surface area contributed by atoms with E-state index >= 15 is 0 Å². The fraction of sp³-hybridized carbons (Fsp3) is 0.316. The van der Waals surface area contributed by atoms with Crippen LogP contribution in [-0.4, -0.2) is 18.2 Å². The van der Waals surface area contributed by atoms with Gasteiger partial charge in [0.1, 0.15) is 17.3 Å². The number of amides is 1. The van der Waals surface area contributed by atoms with Gasteiger partial charge in [-0.3, -0.25) is 9.59 Å². The van der Waals surface area contributed by atoms with Crippen molar-refractivity contribution in [2.75, 3.05) is 6.54 Å². The van der Waals surface area contributed by atoms with Gasteiger partial charge in [-0.15, -0.1) is 0 Å². The average molecular weight is 342 g/mol. The summed E-state index contributed by atoms with van der Waals surface area (Å²) in [6, 6.07) is 11.3. The Kier molecular flexibility index (Phi) is 6.47. The predicted molar refractivity (Wildman–Crippen MR) is 89.8 cm³/mol. The van der Waals surface area contributed by atoms with E-state index in [-0.39, 0.29) is 12.8 Å². The van der Waals surface area contributed by atoms with Gasteiger partial charge in [0.15, 0.2) is 11.7 Å². The van der Waals surface area contributed by atoms with Crippen molar-refractivity contribution in [3.63, 3.8) is 0 Å². The predicted octanol–water partition coefficient (Wildman–Crippen LogP) is 3.25. The maximum Gasteiger partial charge on any atom is 0.244 e. The van der Waals surface area contributed by atoms with E-state index in [2.05, 4.69) is 5.32 Å². The van der Waals surface area contributed by atoms with Crippen LogP contribution in [0.2, 0.25) is 0 Å². The second-order valence-corrected chi connectivity index (χ2v) is 5.57. The average Bonchev–Trinajstić information content (AvgIpc) is 3.08. The number of carbonyl (C=O) groups excluding carboxylic acids is 2. The van der Waals surface area contributed by atoms with Gasteiger partial charge in [0.25, 0.3) is 0 Å². The molecule has 0 aliphatic carbocycles. The van der Waals surface area contributed by atoms with Gasteiger partial charge in [0.2, 0.25) is 5.91 Å². The third kappa shape index (κ3) is 4.77. The fourth-order valence-corrected chi connectivity index (χ4v) is 2.34. The topological polar surface area (TPSA) is 83.1 Å². The molecule has 1 aromatic heterocycles. The molecule has 0 fully saturated rings. The van der Waals surface area contributed by atoms with Gasteiger partial charge in [0.05, 0.1) is 11.6 Å². The number of furan rings is 1. The zero-order valence-corrected chi connectivity index (χ0v) is 13.9. The molecule has 1 amide bonds. The van der Waals surface area contributed by atoms with Crippen LogP contribution in [0.5, 0.6) is 0 Å². The Morgan fingerprint density at radius 2 is 2.04 bits per heavy atom. The summed E-state index contributed by atoms with van der Waals surface area (Å²) in [6.07, 6.45) is 0.970. The Morgan fingerprint density at radius 3 is 2.72 bits per heavy atom. The van der Waals surface area contributed by atoms with Gasteiger partial charge < -0.3 is 9.73 Å². The Bertz CT molecular complexity index is 792. The first-order valence-electron chi connectivity index (χ1n) is 8.10. The van der Waals surface area contributed by atoms with Crippen molar-refractivity contribution in [2.24, 2.45) is 5.92 Å². The lowest BCUT2D eigenvalue weighted by atomic mass is 10.0. The number of nitrogens with one attached hydrogen (secondary N) is 1. The van der Waals surface area contributed by atoms with Gasteiger partial charge in [-0.1, -0.05) is 19.1 Å². The quantitative estimate of drug-likeness (QED) is 0.747. The minimum Gasteiger partial charge on any atom is -0.461 e. The molecule has 0 spiro atoms. The third-order valence-corrected chi connectivity index (χ3v) is 3.68. The molecule has 0 bridgehead atoms. The summed E-state index contributed by atoms with van der Waals surface area (Å²) >= 11 is 0. The third-order valence-electron chi connectivity index (χ3n) is 3.68. The van der Waals surface area contributed by atoms with Crippen LogP contribution in [0.15, 0.2) is 40.8 Å². The largest absolute Gasteiger partial charge is 0.461 e. The standard InChI is InChI=1S/C19H19FN2O3/c1-2-11-22-19(24)15(12-21)17(23)9-7-13-8-10-18(25-13)14-5-3-4-6-16(14)20/h3-6,8,10,15H,2,7,9,11H2,1H3,(H,22,24). The zero-order chi connectivity index (χ0) is 18.2. The molecule has 1 aromatic carbocycles. The number of nitriles is 1. The lowest BCUT2D eigenvalue weighted by Gasteiger charge is -2.08. The van der Waals surface area contributed by atoms with E-state index in [9.17, 15) is 14.0 Å². The number of nitrogens with zero attached hydrogens (tertiary/aromatic N) is 1. The summed E-state index contributed by atoms with van der Waals surface area (Å²) in [4.78, 5) is 23.9. The number of hydrogen-bond acceptors (Lipinski definition) is 4. The number of benzene rings is 1. The molecule has 1 unspecified atom stereocenters. The summed E-state index contributed by atoms with van der Waals surface area (Å²) in [5.74, 6) is -1.86. The second kappa shape index (κ2) is 8.78. The van der Waals surface area contributed by atoms with Crippen molar-refractivity contribution in [3.05, 3.63) is 48.0 Å². The molecule has 1 atom stereocenters. The molecule has 0 saturated heterocycles. The van der Waals surface area contributed by atoms with Gasteiger partial charge >= 0.3 is 0 Å². The number of ketones is 1. The minimum atomic E-state index is -1.31. The highest BCUT2D eigenvalue weighted by Gasteiger charge is 2.25. The molecule has 0 radical (unpaired) electrons. The van der Waals surface area contributed by atoms with E-state index in [1.807, 2.05) is 6.92 Å². The Labute approximate surface area is 145 Å². The summed E-state index contributed by atoms with van der Waals surface area (Å²) in [6.45, 7) is 2.31. The molecule has 6 heteroatoms. The molecule has 1 heterocycles. The van der Waals surface area contributed by atoms with Crippen molar-refractivity contribution in [1.29, 1.82) is 5.26 Å². The maximum atomic E-state index is 13.7. The van der Waals surface area contributed by atoms with Crippen LogP contribution in [-0.2, 0) is 16.0 Å². The number of carbonyl (C=O) groups is 2. The summed E-state index contributed by atoms with van der Waals surface area (Å²) in [5.41, 5.74) is 0.342. The Morgan fingerprint density at radius 1 is 1.28 bits per heavy atom. The van der Waals surface area contributed by atoms with Crippen molar-refractivity contribution >= 4 is 11.7 Å². The molecular formula is C19H19FN2O3. The van der Waals surface area contributed by atoms with Crippen LogP contribution in [0.25, 0.3) is 11.3 Å². The molecule has 1 N–H and O–H groups in total. The van der Waals surface area contributed by atoms with Gasteiger partial charge in [-0.25, -0.2) is 4.39 Å². The molecule has 2 aromatic rings. The fourth-order valence-electron chi connectivity index (χ4n) is 2.34. The molecule has 25 heavy (non-hydrogen) atoms. The number of rotatable bonds is 8. The van der Waals surface area contributed by atoms with Crippen molar-refractivity contribution < 1.29 is 18.4 Å². The number of aryl methyl sites for hydroxylation is 1. The Hall–Kier alpha value is -2.94. The van der Waals surface area contributed by atoms with E-state index in [4.69, 9.17) is 9.68 Å². The van der Waals surface area contributed by atoms with E-state index < -0.39 is 23.4 Å². The number of Topliss-reactive ketones (excluding diaryl/α,β-unsaturated/α-hetero) is 1. The summed E-state index contributed by atoms with van der Waals surface area (Å²) in [7, 11) is 0. The van der Waals surface area contributed by atoms with E-state index in [0.717, 1.165) is 6.42 Å². The first-order valence-corrected chi connectivity index (χ1v) is 8.10. The van der Waals surface area contributed by atoms with Crippen LogP contribution in [0.1, 0.15) is 25.5 Å². The molecular weight excluding hydrogens is 323 g/mol. The molecule has 0 aliphatic rings. The lowest BCUT2D eigenvalue weighted by molar-refractivity contribution is -0.131. The SMILES string of the molecule is CCCNC(=O)C(C#N)C(=O)CCc1ccc(-c2ccccc2F)o1. The monoisotopic (exact) mass is 342 g/mol. The molecule has 5 nitrogen and oxygen atoms in total. The zero-order valence-electron chi connectivity index (χ0n) is 13.9. The van der Waals surface area contributed by atoms with Crippen LogP contribution >= 0.6 is 0 Å². The van der Waals surface area contributed by atoms with E-state index in [0.29, 0.717) is 23.6 Å². The van der Waals surface area contributed by atoms with E-state index in [1.165, 1.54) is 6.07 Å². The molecule has 0 saturated carbocycles. The van der Waals surface area contributed by atoms with E-state index in [1.54, 1.807) is 36.4 Å². The smallest absolute Gasteiger partial charge is 0.244 e.